The molecule has 1 heterocycles. The molecule has 2 aromatic rings. The van der Waals surface area contributed by atoms with Gasteiger partial charge in [-0.2, -0.15) is 0 Å². The van der Waals surface area contributed by atoms with Crippen molar-refractivity contribution in [3.63, 3.8) is 0 Å². The summed E-state index contributed by atoms with van der Waals surface area (Å²) in [6, 6.07) is 14.7. The first-order chi connectivity index (χ1) is 13.2. The average molecular weight is 402 g/mol. The summed E-state index contributed by atoms with van der Waals surface area (Å²) in [6.45, 7) is 5.37. The number of hydrogen-bond acceptors (Lipinski definition) is 4. The van der Waals surface area contributed by atoms with Crippen LogP contribution in [-0.4, -0.2) is 63.6 Å². The zero-order chi connectivity index (χ0) is 20.3. The van der Waals surface area contributed by atoms with E-state index in [0.29, 0.717) is 11.3 Å². The van der Waals surface area contributed by atoms with Crippen LogP contribution in [0, 0.1) is 6.92 Å². The molecule has 6 nitrogen and oxygen atoms in total. The van der Waals surface area contributed by atoms with E-state index in [9.17, 15) is 13.2 Å². The Morgan fingerprint density at radius 2 is 1.68 bits per heavy atom. The quantitative estimate of drug-likeness (QED) is 0.772. The van der Waals surface area contributed by atoms with Crippen molar-refractivity contribution in [3.05, 3.63) is 65.2 Å². The molecule has 0 N–H and O–H groups in total. The van der Waals surface area contributed by atoms with Crippen molar-refractivity contribution in [1.29, 1.82) is 0 Å². The summed E-state index contributed by atoms with van der Waals surface area (Å²) in [5, 5.41) is 0. The standard InChI is InChI=1S/C21H27N3O3S/c1-17-5-4-6-20(15-17)24(28(3,26)27)16-18-7-9-19(10-8-18)21(25)23-13-11-22(2)12-14-23/h4-10,15H,11-14,16H2,1-3H3. The largest absolute Gasteiger partial charge is 0.336 e. The first-order valence-corrected chi connectivity index (χ1v) is 11.2. The van der Waals surface area contributed by atoms with Crippen LogP contribution in [0.3, 0.4) is 0 Å². The fourth-order valence-corrected chi connectivity index (χ4v) is 4.17. The van der Waals surface area contributed by atoms with Crippen molar-refractivity contribution in [2.24, 2.45) is 0 Å². The minimum Gasteiger partial charge on any atom is -0.336 e. The van der Waals surface area contributed by atoms with E-state index in [1.54, 1.807) is 18.2 Å². The van der Waals surface area contributed by atoms with Gasteiger partial charge in [0, 0.05) is 31.7 Å². The number of anilines is 1. The lowest BCUT2D eigenvalue weighted by molar-refractivity contribution is 0.0664. The van der Waals surface area contributed by atoms with Crippen LogP contribution in [-0.2, 0) is 16.6 Å². The van der Waals surface area contributed by atoms with Crippen LogP contribution < -0.4 is 4.31 Å². The van der Waals surface area contributed by atoms with E-state index in [-0.39, 0.29) is 12.5 Å². The molecule has 28 heavy (non-hydrogen) atoms. The Balaban J connectivity index is 1.75. The summed E-state index contributed by atoms with van der Waals surface area (Å²) in [6.07, 6.45) is 1.21. The highest BCUT2D eigenvalue weighted by Crippen LogP contribution is 2.22. The van der Waals surface area contributed by atoms with Crippen molar-refractivity contribution < 1.29 is 13.2 Å². The molecule has 1 amide bonds. The van der Waals surface area contributed by atoms with Crippen LogP contribution in [0.1, 0.15) is 21.5 Å². The molecule has 0 aliphatic carbocycles. The van der Waals surface area contributed by atoms with Crippen molar-refractivity contribution in [3.8, 4) is 0 Å². The highest BCUT2D eigenvalue weighted by molar-refractivity contribution is 7.92. The third-order valence-electron chi connectivity index (χ3n) is 5.01. The van der Waals surface area contributed by atoms with Gasteiger partial charge in [-0.15, -0.1) is 0 Å². The molecule has 3 rings (SSSR count). The number of carbonyl (C=O) groups is 1. The number of carbonyl (C=O) groups excluding carboxylic acids is 1. The van der Waals surface area contributed by atoms with E-state index >= 15 is 0 Å². The van der Waals surface area contributed by atoms with Gasteiger partial charge in [-0.25, -0.2) is 8.42 Å². The third kappa shape index (κ3) is 4.91. The Morgan fingerprint density at radius 1 is 1.04 bits per heavy atom. The topological polar surface area (TPSA) is 60.9 Å². The number of sulfonamides is 1. The summed E-state index contributed by atoms with van der Waals surface area (Å²) in [4.78, 5) is 16.7. The number of nitrogens with zero attached hydrogens (tertiary/aromatic N) is 3. The lowest BCUT2D eigenvalue weighted by atomic mass is 10.1. The molecule has 0 radical (unpaired) electrons. The maximum absolute atomic E-state index is 12.7. The van der Waals surface area contributed by atoms with E-state index < -0.39 is 10.0 Å². The number of likely N-dealkylation sites (N-methyl/N-ethyl adjacent to an activating group) is 1. The van der Waals surface area contributed by atoms with Crippen LogP contribution in [0.2, 0.25) is 0 Å². The maximum Gasteiger partial charge on any atom is 0.253 e. The first kappa shape index (κ1) is 20.4. The number of hydrogen-bond donors (Lipinski definition) is 0. The Morgan fingerprint density at radius 3 is 2.25 bits per heavy atom. The van der Waals surface area contributed by atoms with Gasteiger partial charge in [-0.3, -0.25) is 9.10 Å². The van der Waals surface area contributed by atoms with E-state index in [0.717, 1.165) is 37.3 Å². The molecule has 0 unspecified atom stereocenters. The molecule has 1 saturated heterocycles. The summed E-state index contributed by atoms with van der Waals surface area (Å²) in [5.41, 5.74) is 3.11. The third-order valence-corrected chi connectivity index (χ3v) is 6.15. The van der Waals surface area contributed by atoms with Crippen LogP contribution in [0.25, 0.3) is 0 Å². The van der Waals surface area contributed by atoms with Crippen LogP contribution in [0.15, 0.2) is 48.5 Å². The lowest BCUT2D eigenvalue weighted by Gasteiger charge is -2.32. The van der Waals surface area contributed by atoms with Crippen molar-refractivity contribution >= 4 is 21.6 Å². The molecule has 1 aliphatic rings. The molecule has 0 bridgehead atoms. The molecular formula is C21H27N3O3S. The average Bonchev–Trinajstić information content (AvgIpc) is 2.66. The molecule has 2 aromatic carbocycles. The fourth-order valence-electron chi connectivity index (χ4n) is 3.29. The molecule has 0 saturated carbocycles. The second kappa shape index (κ2) is 8.32. The van der Waals surface area contributed by atoms with Crippen molar-refractivity contribution in [2.45, 2.75) is 13.5 Å². The smallest absolute Gasteiger partial charge is 0.253 e. The molecule has 150 valence electrons. The minimum absolute atomic E-state index is 0.0262. The second-order valence-corrected chi connectivity index (χ2v) is 9.31. The maximum atomic E-state index is 12.7. The number of aryl methyl sites for hydroxylation is 1. The first-order valence-electron chi connectivity index (χ1n) is 9.35. The lowest BCUT2D eigenvalue weighted by Crippen LogP contribution is -2.47. The van der Waals surface area contributed by atoms with Crippen molar-refractivity contribution in [1.82, 2.24) is 9.80 Å². The molecule has 7 heteroatoms. The number of benzene rings is 2. The summed E-state index contributed by atoms with van der Waals surface area (Å²) >= 11 is 0. The zero-order valence-corrected chi connectivity index (χ0v) is 17.4. The van der Waals surface area contributed by atoms with Gasteiger partial charge in [-0.05, 0) is 49.4 Å². The van der Waals surface area contributed by atoms with Crippen LogP contribution in [0.5, 0.6) is 0 Å². The molecular weight excluding hydrogens is 374 g/mol. The second-order valence-electron chi connectivity index (χ2n) is 7.40. The fraction of sp³-hybridized carbons (Fsp3) is 0.381. The van der Waals surface area contributed by atoms with E-state index in [2.05, 4.69) is 11.9 Å². The van der Waals surface area contributed by atoms with E-state index in [1.165, 1.54) is 10.6 Å². The Bertz CT molecular complexity index is 934. The van der Waals surface area contributed by atoms with Gasteiger partial charge in [-0.1, -0.05) is 24.3 Å². The molecule has 1 fully saturated rings. The van der Waals surface area contributed by atoms with Gasteiger partial charge in [0.15, 0.2) is 0 Å². The predicted molar refractivity (Wildman–Crippen MR) is 112 cm³/mol. The minimum atomic E-state index is -3.43. The highest BCUT2D eigenvalue weighted by Gasteiger charge is 2.21. The Labute approximate surface area is 167 Å². The number of piperazine rings is 1. The molecule has 1 aliphatic heterocycles. The predicted octanol–water partition coefficient (Wildman–Crippen LogP) is 2.35. The molecule has 0 spiro atoms. The van der Waals surface area contributed by atoms with E-state index in [4.69, 9.17) is 0 Å². The summed E-state index contributed by atoms with van der Waals surface area (Å²) < 4.78 is 26.0. The van der Waals surface area contributed by atoms with Crippen LogP contribution in [0.4, 0.5) is 5.69 Å². The van der Waals surface area contributed by atoms with Gasteiger partial charge < -0.3 is 9.80 Å². The Hall–Kier alpha value is -2.38. The zero-order valence-electron chi connectivity index (χ0n) is 16.6. The van der Waals surface area contributed by atoms with Gasteiger partial charge in [0.1, 0.15) is 0 Å². The monoisotopic (exact) mass is 401 g/mol. The number of rotatable bonds is 5. The number of amides is 1. The highest BCUT2D eigenvalue weighted by atomic mass is 32.2. The molecule has 0 aromatic heterocycles. The SMILES string of the molecule is Cc1cccc(N(Cc2ccc(C(=O)N3CCN(C)CC3)cc2)S(C)(=O)=O)c1. The van der Waals surface area contributed by atoms with Gasteiger partial charge in [0.2, 0.25) is 10.0 Å². The van der Waals surface area contributed by atoms with Gasteiger partial charge in [0.25, 0.3) is 5.91 Å². The van der Waals surface area contributed by atoms with E-state index in [1.807, 2.05) is 42.2 Å². The van der Waals surface area contributed by atoms with Gasteiger partial charge >= 0.3 is 0 Å². The summed E-state index contributed by atoms with van der Waals surface area (Å²) in [5.74, 6) is 0.0262. The van der Waals surface area contributed by atoms with Gasteiger partial charge in [0.05, 0.1) is 18.5 Å². The molecule has 0 atom stereocenters. The Kier molecular flexibility index (Phi) is 6.05. The van der Waals surface area contributed by atoms with Crippen molar-refractivity contribution in [2.75, 3.05) is 43.8 Å². The normalized spacial score (nSPS) is 15.5. The summed E-state index contributed by atoms with van der Waals surface area (Å²) in [7, 11) is -1.37. The van der Waals surface area contributed by atoms with Crippen LogP contribution >= 0.6 is 0 Å².